The summed E-state index contributed by atoms with van der Waals surface area (Å²) in [4.78, 5) is 30.7. The van der Waals surface area contributed by atoms with Crippen molar-refractivity contribution >= 4 is 80.4 Å². The van der Waals surface area contributed by atoms with E-state index in [4.69, 9.17) is 30.4 Å². The Bertz CT molecular complexity index is 2980. The van der Waals surface area contributed by atoms with Crippen molar-refractivity contribution in [3.63, 3.8) is 0 Å². The third kappa shape index (κ3) is 15.2. The summed E-state index contributed by atoms with van der Waals surface area (Å²) in [6.45, 7) is 11.8. The fourth-order valence-electron chi connectivity index (χ4n) is 7.48. The van der Waals surface area contributed by atoms with Gasteiger partial charge in [0.05, 0.1) is 64.5 Å². The molecule has 1 N–H and O–H groups in total. The number of isothiocyanates is 2. The first-order valence-electron chi connectivity index (χ1n) is 22.7. The van der Waals surface area contributed by atoms with Gasteiger partial charge in [-0.1, -0.05) is 106 Å². The number of aromatic nitrogens is 5. The molecule has 0 unspecified atom stereocenters. The van der Waals surface area contributed by atoms with Crippen LogP contribution in [-0.2, 0) is 19.5 Å². The van der Waals surface area contributed by atoms with Crippen LogP contribution in [-0.4, -0.2) is 72.2 Å². The molecular formula is C55H54N8O4RuS2. The van der Waals surface area contributed by atoms with E-state index in [0.717, 1.165) is 101 Å². The average Bonchev–Trinajstić information content (AvgIpc) is 3.71. The smallest absolute Gasteiger partial charge is 0.753 e. The van der Waals surface area contributed by atoms with Gasteiger partial charge in [-0.2, -0.15) is 10.3 Å². The molecule has 0 saturated heterocycles. The van der Waals surface area contributed by atoms with Gasteiger partial charge in [-0.3, -0.25) is 19.9 Å². The van der Waals surface area contributed by atoms with Gasteiger partial charge in [-0.25, -0.2) is 4.79 Å². The summed E-state index contributed by atoms with van der Waals surface area (Å²) in [7, 11) is 0. The Morgan fingerprint density at radius 3 is 1.80 bits per heavy atom. The molecule has 0 aliphatic rings. The van der Waals surface area contributed by atoms with Gasteiger partial charge >= 0.3 is 25.4 Å². The number of rotatable bonds is 17. The minimum absolute atomic E-state index is 0. The maximum Gasteiger partial charge on any atom is 2.00 e. The third-order valence-corrected chi connectivity index (χ3v) is 10.6. The molecule has 12 nitrogen and oxygen atoms in total. The summed E-state index contributed by atoms with van der Waals surface area (Å²) in [6.07, 6.45) is 15.8. The van der Waals surface area contributed by atoms with Gasteiger partial charge in [-0.05, 0) is 99.0 Å². The zero-order chi connectivity index (χ0) is 49.4. The Labute approximate surface area is 433 Å². The second-order valence-corrected chi connectivity index (χ2v) is 15.5. The summed E-state index contributed by atoms with van der Waals surface area (Å²) in [6, 6.07) is 38.0. The molecule has 5 aromatic heterocycles. The van der Waals surface area contributed by atoms with Crippen LogP contribution < -0.4 is 14.4 Å². The average molecular weight is 1060 g/mol. The summed E-state index contributed by atoms with van der Waals surface area (Å²) >= 11 is 7.40. The molecule has 5 heterocycles. The molecule has 0 amide bonds. The van der Waals surface area contributed by atoms with E-state index in [1.165, 1.54) is 34.0 Å². The van der Waals surface area contributed by atoms with E-state index in [9.17, 15) is 4.79 Å². The van der Waals surface area contributed by atoms with E-state index in [0.29, 0.717) is 24.6 Å². The maximum atomic E-state index is 10.7. The van der Waals surface area contributed by atoms with E-state index in [1.54, 1.807) is 18.3 Å². The molecule has 8 aromatic rings. The number of carboxylic acid groups (broad SMARTS) is 1. The van der Waals surface area contributed by atoms with Crippen LogP contribution in [0.1, 0.15) is 74.9 Å². The topological polar surface area (TPSA) is 160 Å². The molecule has 0 fully saturated rings. The number of fused-ring (bicyclic) bond motifs is 3. The van der Waals surface area contributed by atoms with Crippen LogP contribution in [0.4, 0.5) is 5.69 Å². The van der Waals surface area contributed by atoms with Gasteiger partial charge in [-0.15, -0.1) is 0 Å². The fraction of sp³-hybridized carbons (Fsp3) is 0.218. The molecule has 0 radical (unpaired) electrons. The first-order valence-corrected chi connectivity index (χ1v) is 23.5. The van der Waals surface area contributed by atoms with Gasteiger partial charge in [0.15, 0.2) is 0 Å². The van der Waals surface area contributed by atoms with Crippen molar-refractivity contribution in [1.29, 1.82) is 0 Å². The standard InChI is InChI=1S/C42H46N4O2.C11H8N2O2.2CNS.Ru/c1-5-9-25-45(26-10-6-2)39-29-41(47-7-3)32(27-42(39)48-8-4)21-18-31-19-22-33(23-20-31)46-38-17-12-11-15-34(38)35-28-37(44-30-40(35)46)36-16-13-14-24-43-36;14-11(15)8-4-6-13-10(7-8)9-3-1-2-5-12-9;2*2-1-3;/h11-24,27-30H,5-10,25-26H2,1-4H3;1-7H,(H,14,15);;;/q;;2*-1;+2/b21-18+;;;;. The fourth-order valence-corrected chi connectivity index (χ4v) is 7.48. The minimum Gasteiger partial charge on any atom is -0.753 e. The Hall–Kier alpha value is -7.11. The van der Waals surface area contributed by atoms with Gasteiger partial charge < -0.3 is 34.9 Å². The predicted octanol–water partition coefficient (Wildman–Crippen LogP) is 13.8. The second-order valence-electron chi connectivity index (χ2n) is 15.1. The quantitative estimate of drug-likeness (QED) is 0.0400. The summed E-state index contributed by atoms with van der Waals surface area (Å²) in [5, 5.41) is 28.1. The van der Waals surface area contributed by atoms with Crippen LogP contribution in [0.5, 0.6) is 11.5 Å². The molecule has 15 heteroatoms. The van der Waals surface area contributed by atoms with Crippen LogP contribution in [0, 0.1) is 0 Å². The van der Waals surface area contributed by atoms with Crippen molar-refractivity contribution in [2.45, 2.75) is 53.4 Å². The largest absolute Gasteiger partial charge is 2.00 e. The number of hydrogen-bond acceptors (Lipinski definition) is 10. The van der Waals surface area contributed by atoms with Gasteiger partial charge in [0, 0.05) is 59.8 Å². The van der Waals surface area contributed by atoms with Crippen molar-refractivity contribution in [3.8, 4) is 40.0 Å². The normalized spacial score (nSPS) is 10.2. The molecule has 358 valence electrons. The number of para-hydroxylation sites is 1. The number of aromatic carboxylic acids is 1. The van der Waals surface area contributed by atoms with E-state index < -0.39 is 5.97 Å². The molecule has 8 rings (SSSR count). The Kier molecular flexibility index (Phi) is 23.5. The number of carbonyl (C=O) groups is 1. The molecule has 0 atom stereocenters. The number of benzene rings is 3. The van der Waals surface area contributed by atoms with Crippen molar-refractivity contribution in [2.75, 3.05) is 31.2 Å². The molecule has 3 aromatic carbocycles. The van der Waals surface area contributed by atoms with E-state index >= 15 is 0 Å². The number of pyridine rings is 4. The predicted molar refractivity (Wildman–Crippen MR) is 288 cm³/mol. The number of carboxylic acids is 1. The van der Waals surface area contributed by atoms with Crippen LogP contribution in [0.3, 0.4) is 0 Å². The molecule has 0 aliphatic heterocycles. The van der Waals surface area contributed by atoms with Crippen LogP contribution >= 0.6 is 24.4 Å². The molecule has 0 aliphatic carbocycles. The maximum absolute atomic E-state index is 10.7. The van der Waals surface area contributed by atoms with E-state index in [-0.39, 0.29) is 25.0 Å². The van der Waals surface area contributed by atoms with Crippen LogP contribution in [0.15, 0.2) is 140 Å². The van der Waals surface area contributed by atoms with E-state index in [1.807, 2.05) is 50.5 Å². The van der Waals surface area contributed by atoms with Gasteiger partial charge in [0.2, 0.25) is 0 Å². The van der Waals surface area contributed by atoms with Crippen molar-refractivity contribution < 1.29 is 38.9 Å². The van der Waals surface area contributed by atoms with Crippen molar-refractivity contribution in [2.24, 2.45) is 0 Å². The molecule has 70 heavy (non-hydrogen) atoms. The number of anilines is 1. The first kappa shape index (κ1) is 55.5. The number of hydrogen-bond donors (Lipinski definition) is 1. The Morgan fingerprint density at radius 2 is 1.23 bits per heavy atom. The van der Waals surface area contributed by atoms with E-state index in [2.05, 4.69) is 142 Å². The number of ether oxygens (including phenoxy) is 2. The number of unbranched alkanes of at least 4 members (excludes halogenated alkanes) is 2. The third-order valence-electron chi connectivity index (χ3n) is 10.6. The second kappa shape index (κ2) is 29.7. The SMILES string of the molecule is CCCCN(CCCC)c1cc(OCC)c(/C=C/c2ccc(-n3c4ccccc4c4cc(-c5ccccn5)ncc43)cc2)cc1OCC.O=C(O)c1ccnc(-c2ccccn2)c1.[N-]=C=S.[N-]=C=S.[Ru+2]. The number of nitrogens with zero attached hydrogens (tertiary/aromatic N) is 8. The Balaban J connectivity index is 0.000000403. The van der Waals surface area contributed by atoms with Crippen molar-refractivity contribution in [1.82, 2.24) is 24.5 Å². The summed E-state index contributed by atoms with van der Waals surface area (Å²) < 4.78 is 14.7. The van der Waals surface area contributed by atoms with Crippen LogP contribution in [0.2, 0.25) is 0 Å². The molecule has 0 spiro atoms. The minimum atomic E-state index is -0.963. The Morgan fingerprint density at radius 1 is 0.657 bits per heavy atom. The number of thiocarbonyl (C=S) groups is 2. The van der Waals surface area contributed by atoms with Crippen LogP contribution in [0.25, 0.3) is 73.2 Å². The first-order chi connectivity index (χ1) is 33.7. The zero-order valence-corrected chi connectivity index (χ0v) is 42.9. The van der Waals surface area contributed by atoms with Gasteiger partial charge in [0.1, 0.15) is 11.5 Å². The van der Waals surface area contributed by atoms with Crippen molar-refractivity contribution in [3.05, 3.63) is 168 Å². The monoisotopic (exact) mass is 1060 g/mol. The molecule has 0 saturated carbocycles. The molecular weight excluding hydrogens is 1000 g/mol. The summed E-state index contributed by atoms with van der Waals surface area (Å²) in [5.41, 5.74) is 9.72. The molecule has 0 bridgehead atoms. The van der Waals surface area contributed by atoms with Gasteiger partial charge in [0.25, 0.3) is 0 Å². The zero-order valence-electron chi connectivity index (χ0n) is 39.5. The summed E-state index contributed by atoms with van der Waals surface area (Å²) in [5.74, 6) is 0.827.